The summed E-state index contributed by atoms with van der Waals surface area (Å²) in [5, 5.41) is 0.657. The van der Waals surface area contributed by atoms with E-state index in [1.807, 2.05) is 0 Å². The van der Waals surface area contributed by atoms with Crippen molar-refractivity contribution >= 4 is 10.0 Å². The molecule has 102 valence electrons. The van der Waals surface area contributed by atoms with Crippen LogP contribution < -0.4 is 0 Å². The van der Waals surface area contributed by atoms with Crippen LogP contribution in [0.5, 0.6) is 0 Å². The largest absolute Gasteiger partial charge is 0.206 e. The van der Waals surface area contributed by atoms with Gasteiger partial charge >= 0.3 is 0 Å². The van der Waals surface area contributed by atoms with Crippen LogP contribution in [0.4, 0.5) is 0 Å². The lowest BCUT2D eigenvalue weighted by molar-refractivity contribution is 0.777. The number of allylic oxidation sites excluding steroid dienone is 6. The smallest absolute Gasteiger partial charge is 0.0147 e. The molecule has 0 nitrogen and oxygen atoms in total. The molecule has 18 heavy (non-hydrogen) atoms. The molecule has 0 aromatic heterocycles. The SMILES string of the molecule is C/C=C\C(=C/C)S(C)(C1C=CC=CC1)C(C)(C)C. The summed E-state index contributed by atoms with van der Waals surface area (Å²) in [7, 11) is -0.874. The Morgan fingerprint density at radius 1 is 1.22 bits per heavy atom. The Labute approximate surface area is 115 Å². The van der Waals surface area contributed by atoms with Gasteiger partial charge in [-0.1, -0.05) is 63.3 Å². The van der Waals surface area contributed by atoms with Crippen molar-refractivity contribution in [1.82, 2.24) is 0 Å². The Bertz CT molecular complexity index is 390. The number of hydrogen-bond donors (Lipinski definition) is 0. The summed E-state index contributed by atoms with van der Waals surface area (Å²) in [5.41, 5.74) is 0. The second-order valence-electron chi connectivity index (χ2n) is 5.87. The van der Waals surface area contributed by atoms with Crippen molar-refractivity contribution in [3.8, 4) is 0 Å². The molecule has 0 saturated carbocycles. The van der Waals surface area contributed by atoms with E-state index in [4.69, 9.17) is 0 Å². The van der Waals surface area contributed by atoms with Crippen LogP contribution in [0.1, 0.15) is 41.0 Å². The van der Waals surface area contributed by atoms with E-state index in [-0.39, 0.29) is 0 Å². The number of hydrogen-bond acceptors (Lipinski definition) is 0. The molecule has 0 aromatic rings. The van der Waals surface area contributed by atoms with Gasteiger partial charge in [0, 0.05) is 5.25 Å². The molecule has 0 saturated heterocycles. The predicted molar refractivity (Wildman–Crippen MR) is 88.5 cm³/mol. The zero-order valence-electron chi connectivity index (χ0n) is 12.7. The first-order valence-corrected chi connectivity index (χ1v) is 8.87. The van der Waals surface area contributed by atoms with Gasteiger partial charge < -0.3 is 0 Å². The molecule has 0 bridgehead atoms. The third-order valence-electron chi connectivity index (χ3n) is 3.92. The summed E-state index contributed by atoms with van der Waals surface area (Å²) >= 11 is 0. The lowest BCUT2D eigenvalue weighted by Crippen LogP contribution is -2.33. The average molecular weight is 264 g/mol. The zero-order valence-corrected chi connectivity index (χ0v) is 13.6. The van der Waals surface area contributed by atoms with Gasteiger partial charge in [0.25, 0.3) is 0 Å². The van der Waals surface area contributed by atoms with Gasteiger partial charge in [0.2, 0.25) is 0 Å². The van der Waals surface area contributed by atoms with Crippen LogP contribution in [-0.2, 0) is 0 Å². The van der Waals surface area contributed by atoms with Gasteiger partial charge in [-0.2, -0.15) is 0 Å². The molecule has 1 aliphatic rings. The van der Waals surface area contributed by atoms with E-state index in [2.05, 4.69) is 83.4 Å². The van der Waals surface area contributed by atoms with Gasteiger partial charge in [-0.05, 0) is 36.2 Å². The van der Waals surface area contributed by atoms with E-state index < -0.39 is 10.0 Å². The molecule has 0 radical (unpaired) electrons. The third-order valence-corrected chi connectivity index (χ3v) is 9.38. The standard InChI is InChI=1S/C17H28S/c1-7-12-15(8-2)18(6,17(3,4)5)16-13-10-9-11-14-16/h7-13,16H,14H2,1-6H3/b12-7-,15-8+. The summed E-state index contributed by atoms with van der Waals surface area (Å²) in [6.45, 7) is 11.5. The van der Waals surface area contributed by atoms with Crippen molar-refractivity contribution in [3.63, 3.8) is 0 Å². The Morgan fingerprint density at radius 3 is 2.28 bits per heavy atom. The summed E-state index contributed by atoms with van der Waals surface area (Å²) in [6, 6.07) is 0. The first-order valence-electron chi connectivity index (χ1n) is 6.77. The van der Waals surface area contributed by atoms with E-state index in [1.165, 1.54) is 11.3 Å². The minimum atomic E-state index is -0.874. The highest BCUT2D eigenvalue weighted by Gasteiger charge is 2.39. The van der Waals surface area contributed by atoms with Crippen LogP contribution >= 0.6 is 10.0 Å². The van der Waals surface area contributed by atoms with Crippen molar-refractivity contribution in [1.29, 1.82) is 0 Å². The minimum absolute atomic E-state index is 0.314. The zero-order chi connectivity index (χ0) is 13.8. The van der Waals surface area contributed by atoms with E-state index in [9.17, 15) is 0 Å². The van der Waals surface area contributed by atoms with Crippen molar-refractivity contribution in [2.45, 2.75) is 51.0 Å². The van der Waals surface area contributed by atoms with Gasteiger partial charge in [0.1, 0.15) is 0 Å². The highest BCUT2D eigenvalue weighted by atomic mass is 32.3. The summed E-state index contributed by atoms with van der Waals surface area (Å²) in [6.07, 6.45) is 19.6. The minimum Gasteiger partial charge on any atom is -0.206 e. The van der Waals surface area contributed by atoms with E-state index >= 15 is 0 Å². The fraction of sp³-hybridized carbons (Fsp3) is 0.529. The van der Waals surface area contributed by atoms with Crippen LogP contribution in [0.15, 0.2) is 47.4 Å². The first kappa shape index (κ1) is 15.4. The van der Waals surface area contributed by atoms with Gasteiger partial charge in [0.05, 0.1) is 0 Å². The normalized spacial score (nSPS) is 26.3. The Balaban J connectivity index is 3.26. The van der Waals surface area contributed by atoms with Gasteiger partial charge in [-0.15, -0.1) is 0 Å². The highest BCUT2D eigenvalue weighted by molar-refractivity contribution is 8.38. The summed E-state index contributed by atoms with van der Waals surface area (Å²) in [5.74, 6) is 0. The van der Waals surface area contributed by atoms with E-state index in [1.54, 1.807) is 0 Å². The molecular weight excluding hydrogens is 236 g/mol. The first-order chi connectivity index (χ1) is 8.37. The van der Waals surface area contributed by atoms with Crippen LogP contribution in [0.3, 0.4) is 0 Å². The lowest BCUT2D eigenvalue weighted by atomic mass is 10.2. The summed E-state index contributed by atoms with van der Waals surface area (Å²) < 4.78 is 0.314. The molecule has 1 heteroatoms. The Hall–Kier alpha value is -0.690. The maximum atomic E-state index is 2.50. The maximum absolute atomic E-state index is 2.50. The molecule has 0 N–H and O–H groups in total. The van der Waals surface area contributed by atoms with E-state index in [0.29, 0.717) is 10.00 Å². The average Bonchev–Trinajstić information content (AvgIpc) is 2.34. The molecule has 0 amide bonds. The third kappa shape index (κ3) is 2.83. The molecule has 1 aliphatic carbocycles. The van der Waals surface area contributed by atoms with Gasteiger partial charge in [0.15, 0.2) is 0 Å². The fourth-order valence-electron chi connectivity index (χ4n) is 2.54. The monoisotopic (exact) mass is 264 g/mol. The highest BCUT2D eigenvalue weighted by Crippen LogP contribution is 2.67. The predicted octanol–water partition coefficient (Wildman–Crippen LogP) is 5.58. The van der Waals surface area contributed by atoms with Crippen LogP contribution in [0, 0.1) is 0 Å². The summed E-state index contributed by atoms with van der Waals surface area (Å²) in [4.78, 5) is 1.53. The van der Waals surface area contributed by atoms with Gasteiger partial charge in [-0.25, -0.2) is 10.0 Å². The second kappa shape index (κ2) is 5.97. The quantitative estimate of drug-likeness (QED) is 0.583. The molecule has 0 aliphatic heterocycles. The molecule has 2 unspecified atom stereocenters. The van der Waals surface area contributed by atoms with Crippen LogP contribution in [0.2, 0.25) is 0 Å². The molecular formula is C17H28S. The maximum Gasteiger partial charge on any atom is 0.0147 e. The molecule has 0 fully saturated rings. The Morgan fingerprint density at radius 2 is 1.89 bits per heavy atom. The molecule has 0 heterocycles. The Kier molecular flexibility index (Phi) is 5.10. The molecule has 0 aromatic carbocycles. The van der Waals surface area contributed by atoms with Crippen LogP contribution in [-0.4, -0.2) is 16.3 Å². The van der Waals surface area contributed by atoms with Crippen molar-refractivity contribution in [3.05, 3.63) is 47.4 Å². The molecule has 2 atom stereocenters. The van der Waals surface area contributed by atoms with Crippen LogP contribution in [0.25, 0.3) is 0 Å². The van der Waals surface area contributed by atoms with Crippen molar-refractivity contribution in [2.24, 2.45) is 0 Å². The van der Waals surface area contributed by atoms with Gasteiger partial charge in [-0.3, -0.25) is 0 Å². The topological polar surface area (TPSA) is 0 Å². The van der Waals surface area contributed by atoms with E-state index in [0.717, 1.165) is 0 Å². The molecule has 0 spiro atoms. The fourth-order valence-corrected chi connectivity index (χ4v) is 6.31. The van der Waals surface area contributed by atoms with Crippen molar-refractivity contribution in [2.75, 3.05) is 6.26 Å². The molecule has 1 rings (SSSR count). The second-order valence-corrected chi connectivity index (χ2v) is 10.1. The van der Waals surface area contributed by atoms with Crippen molar-refractivity contribution < 1.29 is 0 Å². The lowest BCUT2D eigenvalue weighted by Gasteiger charge is -2.53. The number of rotatable bonds is 3.